The molecule has 0 fully saturated rings. The van der Waals surface area contributed by atoms with Gasteiger partial charge in [0.05, 0.1) is 5.69 Å². The summed E-state index contributed by atoms with van der Waals surface area (Å²) in [5, 5.41) is 3.17. The number of nitrogens with zero attached hydrogens (tertiary/aromatic N) is 1. The van der Waals surface area contributed by atoms with Gasteiger partial charge in [0, 0.05) is 16.6 Å². The SMILES string of the molecule is O=C(Nc1cc(Br)cnc1Cl)C1Cc2ccccc2C1. The van der Waals surface area contributed by atoms with Crippen LogP contribution in [0.25, 0.3) is 0 Å². The van der Waals surface area contributed by atoms with Crippen LogP contribution >= 0.6 is 27.5 Å². The number of hydrogen-bond acceptors (Lipinski definition) is 2. The van der Waals surface area contributed by atoms with Gasteiger partial charge in [-0.05, 0) is 46.0 Å². The second-order valence-electron chi connectivity index (χ2n) is 4.86. The van der Waals surface area contributed by atoms with Gasteiger partial charge < -0.3 is 5.32 Å². The van der Waals surface area contributed by atoms with Crippen LogP contribution in [0.2, 0.25) is 5.15 Å². The molecule has 20 heavy (non-hydrogen) atoms. The number of nitrogens with one attached hydrogen (secondary N) is 1. The largest absolute Gasteiger partial charge is 0.323 e. The normalized spacial score (nSPS) is 14.1. The fourth-order valence-corrected chi connectivity index (χ4v) is 2.97. The Kier molecular flexibility index (Phi) is 3.76. The predicted octanol–water partition coefficient (Wildman–Crippen LogP) is 3.85. The van der Waals surface area contributed by atoms with E-state index < -0.39 is 0 Å². The molecule has 5 heteroatoms. The maximum atomic E-state index is 12.3. The third kappa shape index (κ3) is 2.72. The van der Waals surface area contributed by atoms with E-state index in [0.717, 1.165) is 17.3 Å². The highest BCUT2D eigenvalue weighted by molar-refractivity contribution is 9.10. The molecule has 3 nitrogen and oxygen atoms in total. The van der Waals surface area contributed by atoms with Gasteiger partial charge in [0.2, 0.25) is 5.91 Å². The summed E-state index contributed by atoms with van der Waals surface area (Å²) >= 11 is 9.31. The van der Waals surface area contributed by atoms with Gasteiger partial charge in [-0.3, -0.25) is 4.79 Å². The molecule has 102 valence electrons. The quantitative estimate of drug-likeness (QED) is 0.835. The highest BCUT2D eigenvalue weighted by Gasteiger charge is 2.27. The number of aromatic nitrogens is 1. The fourth-order valence-electron chi connectivity index (χ4n) is 2.49. The van der Waals surface area contributed by atoms with E-state index >= 15 is 0 Å². The highest BCUT2D eigenvalue weighted by Crippen LogP contribution is 2.29. The number of rotatable bonds is 2. The molecule has 0 unspecified atom stereocenters. The average Bonchev–Trinajstić information content (AvgIpc) is 2.87. The van der Waals surface area contributed by atoms with Crippen LogP contribution in [-0.4, -0.2) is 10.9 Å². The zero-order chi connectivity index (χ0) is 14.1. The number of benzene rings is 1. The van der Waals surface area contributed by atoms with Crippen molar-refractivity contribution in [1.82, 2.24) is 4.98 Å². The number of halogens is 2. The van der Waals surface area contributed by atoms with Crippen molar-refractivity contribution in [2.75, 3.05) is 5.32 Å². The fraction of sp³-hybridized carbons (Fsp3) is 0.200. The zero-order valence-corrected chi connectivity index (χ0v) is 12.9. The lowest BCUT2D eigenvalue weighted by molar-refractivity contribution is -0.119. The Labute approximate surface area is 130 Å². The first-order chi connectivity index (χ1) is 9.63. The minimum Gasteiger partial charge on any atom is -0.323 e. The average molecular weight is 352 g/mol. The third-order valence-electron chi connectivity index (χ3n) is 3.49. The first-order valence-corrected chi connectivity index (χ1v) is 7.49. The minimum absolute atomic E-state index is 0.0111. The monoisotopic (exact) mass is 350 g/mol. The van der Waals surface area contributed by atoms with E-state index in [4.69, 9.17) is 11.6 Å². The molecule has 1 amide bonds. The molecule has 1 heterocycles. The molecular weight excluding hydrogens is 340 g/mol. The van der Waals surface area contributed by atoms with Crippen LogP contribution in [0.15, 0.2) is 41.0 Å². The number of amides is 1. The smallest absolute Gasteiger partial charge is 0.228 e. The Morgan fingerprint density at radius 2 is 1.95 bits per heavy atom. The van der Waals surface area contributed by atoms with Crippen molar-refractivity contribution in [2.24, 2.45) is 5.92 Å². The summed E-state index contributed by atoms with van der Waals surface area (Å²) in [6.45, 7) is 0. The van der Waals surface area contributed by atoms with Crippen molar-refractivity contribution >= 4 is 39.1 Å². The summed E-state index contributed by atoms with van der Waals surface area (Å²) in [5.74, 6) is -0.0505. The van der Waals surface area contributed by atoms with Crippen molar-refractivity contribution in [3.8, 4) is 0 Å². The Balaban J connectivity index is 1.74. The van der Waals surface area contributed by atoms with Gasteiger partial charge in [0.25, 0.3) is 0 Å². The maximum absolute atomic E-state index is 12.3. The molecule has 1 aromatic heterocycles. The van der Waals surface area contributed by atoms with Crippen LogP contribution in [0.4, 0.5) is 5.69 Å². The number of carbonyl (C=O) groups excluding carboxylic acids is 1. The summed E-state index contributed by atoms with van der Waals surface area (Å²) in [4.78, 5) is 16.3. The Hall–Kier alpha value is -1.39. The van der Waals surface area contributed by atoms with Gasteiger partial charge in [0.1, 0.15) is 0 Å². The van der Waals surface area contributed by atoms with Crippen LogP contribution in [0.5, 0.6) is 0 Å². The Bertz CT molecular complexity index is 650. The molecule has 0 saturated carbocycles. The summed E-state index contributed by atoms with van der Waals surface area (Å²) in [7, 11) is 0. The Morgan fingerprint density at radius 1 is 1.30 bits per heavy atom. The van der Waals surface area contributed by atoms with Gasteiger partial charge in [-0.1, -0.05) is 35.9 Å². The van der Waals surface area contributed by atoms with Crippen molar-refractivity contribution in [3.63, 3.8) is 0 Å². The number of hydrogen-bond donors (Lipinski definition) is 1. The van der Waals surface area contributed by atoms with Gasteiger partial charge in [-0.25, -0.2) is 4.98 Å². The minimum atomic E-state index is -0.0394. The third-order valence-corrected chi connectivity index (χ3v) is 4.22. The molecule has 1 aliphatic rings. The van der Waals surface area contributed by atoms with Crippen molar-refractivity contribution in [3.05, 3.63) is 57.3 Å². The molecular formula is C15H12BrClN2O. The van der Waals surface area contributed by atoms with Crippen LogP contribution in [0, 0.1) is 5.92 Å². The second-order valence-corrected chi connectivity index (χ2v) is 6.13. The van der Waals surface area contributed by atoms with E-state index in [-0.39, 0.29) is 11.8 Å². The van der Waals surface area contributed by atoms with Crippen molar-refractivity contribution in [2.45, 2.75) is 12.8 Å². The van der Waals surface area contributed by atoms with E-state index in [2.05, 4.69) is 38.4 Å². The van der Waals surface area contributed by atoms with E-state index in [1.165, 1.54) is 11.1 Å². The van der Waals surface area contributed by atoms with Crippen LogP contribution in [0.3, 0.4) is 0 Å². The van der Waals surface area contributed by atoms with Crippen LogP contribution in [0.1, 0.15) is 11.1 Å². The van der Waals surface area contributed by atoms with E-state index in [1.807, 2.05) is 12.1 Å². The molecule has 0 spiro atoms. The van der Waals surface area contributed by atoms with Gasteiger partial charge in [-0.2, -0.15) is 0 Å². The lowest BCUT2D eigenvalue weighted by atomic mass is 10.1. The molecule has 0 aliphatic heterocycles. The van der Waals surface area contributed by atoms with Crippen molar-refractivity contribution < 1.29 is 4.79 Å². The summed E-state index contributed by atoms with van der Waals surface area (Å²) in [5.41, 5.74) is 3.05. The molecule has 3 rings (SSSR count). The molecule has 0 atom stereocenters. The zero-order valence-electron chi connectivity index (χ0n) is 10.6. The summed E-state index contributed by atoms with van der Waals surface area (Å²) in [6.07, 6.45) is 3.16. The van der Waals surface area contributed by atoms with Crippen molar-refractivity contribution in [1.29, 1.82) is 0 Å². The lowest BCUT2D eigenvalue weighted by Crippen LogP contribution is -2.23. The highest BCUT2D eigenvalue weighted by atomic mass is 79.9. The molecule has 0 bridgehead atoms. The van der Waals surface area contributed by atoms with E-state index in [0.29, 0.717) is 10.8 Å². The van der Waals surface area contributed by atoms with Gasteiger partial charge in [0.15, 0.2) is 5.15 Å². The topological polar surface area (TPSA) is 42.0 Å². The lowest BCUT2D eigenvalue weighted by Gasteiger charge is -2.11. The molecule has 1 aliphatic carbocycles. The second kappa shape index (κ2) is 5.54. The molecule has 0 radical (unpaired) electrons. The molecule has 0 saturated heterocycles. The number of carbonyl (C=O) groups is 1. The standard InChI is InChI=1S/C15H12BrClN2O/c16-12-7-13(14(17)18-8-12)19-15(20)11-5-9-3-1-2-4-10(9)6-11/h1-4,7-8,11H,5-6H2,(H,19,20). The van der Waals surface area contributed by atoms with E-state index in [9.17, 15) is 4.79 Å². The molecule has 1 aromatic carbocycles. The summed E-state index contributed by atoms with van der Waals surface area (Å²) < 4.78 is 0.784. The van der Waals surface area contributed by atoms with Crippen LogP contribution < -0.4 is 5.32 Å². The number of pyridine rings is 1. The van der Waals surface area contributed by atoms with Gasteiger partial charge >= 0.3 is 0 Å². The molecule has 2 aromatic rings. The summed E-state index contributed by atoms with van der Waals surface area (Å²) in [6, 6.07) is 9.93. The van der Waals surface area contributed by atoms with Crippen LogP contribution in [-0.2, 0) is 17.6 Å². The molecule has 1 N–H and O–H groups in total. The first kappa shape index (κ1) is 13.6. The number of anilines is 1. The van der Waals surface area contributed by atoms with Gasteiger partial charge in [-0.15, -0.1) is 0 Å². The first-order valence-electron chi connectivity index (χ1n) is 6.32. The van der Waals surface area contributed by atoms with E-state index in [1.54, 1.807) is 12.3 Å². The predicted molar refractivity (Wildman–Crippen MR) is 82.9 cm³/mol. The maximum Gasteiger partial charge on any atom is 0.228 e. The number of fused-ring (bicyclic) bond motifs is 1. The Morgan fingerprint density at radius 3 is 2.60 bits per heavy atom.